The van der Waals surface area contributed by atoms with Gasteiger partial charge in [-0.25, -0.2) is 4.39 Å². The summed E-state index contributed by atoms with van der Waals surface area (Å²) in [6.45, 7) is 6.60. The summed E-state index contributed by atoms with van der Waals surface area (Å²) in [7, 11) is 0. The van der Waals surface area contributed by atoms with E-state index in [0.717, 1.165) is 0 Å². The molecular formula is C14H21FN2O. The molecule has 0 aliphatic carbocycles. The number of nitrogens with one attached hydrogen (secondary N) is 1. The van der Waals surface area contributed by atoms with Crippen molar-refractivity contribution >= 4 is 5.91 Å². The third-order valence-corrected chi connectivity index (χ3v) is 3.13. The predicted molar refractivity (Wildman–Crippen MR) is 70.7 cm³/mol. The van der Waals surface area contributed by atoms with Crippen LogP contribution in [0.15, 0.2) is 24.3 Å². The molecule has 0 aromatic heterocycles. The van der Waals surface area contributed by atoms with Crippen LogP contribution in [0.4, 0.5) is 4.39 Å². The van der Waals surface area contributed by atoms with Crippen LogP contribution >= 0.6 is 0 Å². The van der Waals surface area contributed by atoms with Gasteiger partial charge in [-0.15, -0.1) is 0 Å². The average molecular weight is 252 g/mol. The van der Waals surface area contributed by atoms with Crippen LogP contribution in [0.5, 0.6) is 0 Å². The van der Waals surface area contributed by atoms with E-state index in [9.17, 15) is 9.18 Å². The Labute approximate surface area is 108 Å². The summed E-state index contributed by atoms with van der Waals surface area (Å²) in [5, 5.41) is 2.85. The first-order valence-electron chi connectivity index (χ1n) is 6.12. The minimum atomic E-state index is -0.754. The van der Waals surface area contributed by atoms with Crippen molar-refractivity contribution in [2.75, 3.05) is 13.1 Å². The van der Waals surface area contributed by atoms with E-state index in [0.29, 0.717) is 18.7 Å². The quantitative estimate of drug-likeness (QED) is 0.839. The van der Waals surface area contributed by atoms with Gasteiger partial charge in [-0.1, -0.05) is 19.1 Å². The van der Waals surface area contributed by atoms with Crippen LogP contribution in [0.25, 0.3) is 0 Å². The van der Waals surface area contributed by atoms with Gasteiger partial charge in [0.15, 0.2) is 0 Å². The molecule has 1 unspecified atom stereocenters. The third kappa shape index (κ3) is 3.53. The monoisotopic (exact) mass is 252 g/mol. The highest BCUT2D eigenvalue weighted by molar-refractivity contribution is 5.87. The largest absolute Gasteiger partial charge is 0.355 e. The highest BCUT2D eigenvalue weighted by atomic mass is 19.1. The molecule has 1 amide bonds. The predicted octanol–water partition coefficient (Wildman–Crippen LogP) is 1.81. The molecule has 1 rings (SSSR count). The van der Waals surface area contributed by atoms with Gasteiger partial charge in [-0.3, -0.25) is 4.79 Å². The van der Waals surface area contributed by atoms with Crippen LogP contribution < -0.4 is 11.1 Å². The number of rotatable bonds is 5. The van der Waals surface area contributed by atoms with E-state index in [4.69, 9.17) is 5.73 Å². The second-order valence-corrected chi connectivity index (χ2v) is 5.19. The molecule has 1 aromatic carbocycles. The lowest BCUT2D eigenvalue weighted by molar-refractivity contribution is -0.125. The molecule has 0 bridgehead atoms. The minimum absolute atomic E-state index is 0.117. The van der Waals surface area contributed by atoms with Crippen molar-refractivity contribution in [3.8, 4) is 0 Å². The first-order chi connectivity index (χ1) is 8.37. The second kappa shape index (κ2) is 5.96. The number of amides is 1. The molecule has 0 radical (unpaired) electrons. The maximum absolute atomic E-state index is 13.2. The van der Waals surface area contributed by atoms with Gasteiger partial charge in [0.25, 0.3) is 0 Å². The summed E-state index contributed by atoms with van der Waals surface area (Å²) in [5.41, 5.74) is 5.41. The van der Waals surface area contributed by atoms with E-state index < -0.39 is 5.41 Å². The number of nitrogens with two attached hydrogens (primary N) is 1. The van der Waals surface area contributed by atoms with Crippen molar-refractivity contribution in [1.82, 2.24) is 5.32 Å². The lowest BCUT2D eigenvalue weighted by Crippen LogP contribution is -2.42. The Morgan fingerprint density at radius 2 is 2.17 bits per heavy atom. The Morgan fingerprint density at radius 3 is 2.72 bits per heavy atom. The summed E-state index contributed by atoms with van der Waals surface area (Å²) >= 11 is 0. The summed E-state index contributed by atoms with van der Waals surface area (Å²) in [6, 6.07) is 6.14. The summed E-state index contributed by atoms with van der Waals surface area (Å²) in [6.07, 6.45) is 0. The Hall–Kier alpha value is -1.42. The summed E-state index contributed by atoms with van der Waals surface area (Å²) < 4.78 is 13.2. The number of benzene rings is 1. The third-order valence-electron chi connectivity index (χ3n) is 3.13. The molecule has 0 saturated heterocycles. The van der Waals surface area contributed by atoms with Crippen LogP contribution in [0.3, 0.4) is 0 Å². The molecule has 3 nitrogen and oxygen atoms in total. The lowest BCUT2D eigenvalue weighted by atomic mass is 9.83. The minimum Gasteiger partial charge on any atom is -0.355 e. The topological polar surface area (TPSA) is 55.1 Å². The highest BCUT2D eigenvalue weighted by Crippen LogP contribution is 2.23. The number of carbonyl (C=O) groups is 1. The zero-order valence-corrected chi connectivity index (χ0v) is 11.2. The molecule has 0 spiro atoms. The fraction of sp³-hybridized carbons (Fsp3) is 0.500. The molecule has 4 heteroatoms. The SMILES string of the molecule is CC(CN)CNC(=O)C(C)(C)c1cccc(F)c1. The first-order valence-corrected chi connectivity index (χ1v) is 6.12. The fourth-order valence-electron chi connectivity index (χ4n) is 1.58. The first kappa shape index (κ1) is 14.6. The molecule has 1 aromatic rings. The van der Waals surface area contributed by atoms with Crippen molar-refractivity contribution in [2.45, 2.75) is 26.2 Å². The number of carbonyl (C=O) groups excluding carboxylic acids is 1. The zero-order valence-electron chi connectivity index (χ0n) is 11.2. The molecular weight excluding hydrogens is 231 g/mol. The van der Waals surface area contributed by atoms with Gasteiger partial charge < -0.3 is 11.1 Å². The van der Waals surface area contributed by atoms with E-state index >= 15 is 0 Å². The molecule has 0 saturated carbocycles. The Balaban J connectivity index is 2.76. The zero-order chi connectivity index (χ0) is 13.8. The van der Waals surface area contributed by atoms with Crippen molar-refractivity contribution in [1.29, 1.82) is 0 Å². The van der Waals surface area contributed by atoms with Crippen molar-refractivity contribution in [3.05, 3.63) is 35.6 Å². The van der Waals surface area contributed by atoms with E-state index in [1.807, 2.05) is 6.92 Å². The average Bonchev–Trinajstić information content (AvgIpc) is 2.35. The fourth-order valence-corrected chi connectivity index (χ4v) is 1.58. The Kier molecular flexibility index (Phi) is 4.84. The van der Waals surface area contributed by atoms with Gasteiger partial charge in [0.2, 0.25) is 5.91 Å². The van der Waals surface area contributed by atoms with Crippen LogP contribution in [0.1, 0.15) is 26.3 Å². The van der Waals surface area contributed by atoms with E-state index in [-0.39, 0.29) is 17.6 Å². The molecule has 0 aliphatic rings. The van der Waals surface area contributed by atoms with Gasteiger partial charge in [-0.05, 0) is 44.0 Å². The molecule has 100 valence electrons. The van der Waals surface area contributed by atoms with Gasteiger partial charge in [0.05, 0.1) is 5.41 Å². The van der Waals surface area contributed by atoms with Crippen LogP contribution in [-0.4, -0.2) is 19.0 Å². The maximum Gasteiger partial charge on any atom is 0.230 e. The van der Waals surface area contributed by atoms with Gasteiger partial charge in [-0.2, -0.15) is 0 Å². The molecule has 3 N–H and O–H groups in total. The van der Waals surface area contributed by atoms with E-state index in [2.05, 4.69) is 5.32 Å². The van der Waals surface area contributed by atoms with E-state index in [1.165, 1.54) is 12.1 Å². The maximum atomic E-state index is 13.2. The molecule has 18 heavy (non-hydrogen) atoms. The van der Waals surface area contributed by atoms with Crippen molar-refractivity contribution in [2.24, 2.45) is 11.7 Å². The smallest absolute Gasteiger partial charge is 0.230 e. The lowest BCUT2D eigenvalue weighted by Gasteiger charge is -2.25. The van der Waals surface area contributed by atoms with Gasteiger partial charge >= 0.3 is 0 Å². The number of hydrogen-bond acceptors (Lipinski definition) is 2. The second-order valence-electron chi connectivity index (χ2n) is 5.19. The standard InChI is InChI=1S/C14H21FN2O/c1-10(8-16)9-17-13(18)14(2,3)11-5-4-6-12(15)7-11/h4-7,10H,8-9,16H2,1-3H3,(H,17,18). The van der Waals surface area contributed by atoms with Crippen LogP contribution in [0.2, 0.25) is 0 Å². The van der Waals surface area contributed by atoms with Crippen molar-refractivity contribution in [3.63, 3.8) is 0 Å². The summed E-state index contributed by atoms with van der Waals surface area (Å²) in [4.78, 5) is 12.1. The highest BCUT2D eigenvalue weighted by Gasteiger charge is 2.29. The van der Waals surface area contributed by atoms with Gasteiger partial charge in [0, 0.05) is 6.54 Å². The molecule has 0 fully saturated rings. The molecule has 0 heterocycles. The Morgan fingerprint density at radius 1 is 1.50 bits per heavy atom. The summed E-state index contributed by atoms with van der Waals surface area (Å²) in [5.74, 6) is -0.214. The number of hydrogen-bond donors (Lipinski definition) is 2. The van der Waals surface area contributed by atoms with Crippen molar-refractivity contribution < 1.29 is 9.18 Å². The normalized spacial score (nSPS) is 13.2. The molecule has 1 atom stereocenters. The van der Waals surface area contributed by atoms with E-state index in [1.54, 1.807) is 26.0 Å². The van der Waals surface area contributed by atoms with Crippen LogP contribution in [0, 0.1) is 11.7 Å². The van der Waals surface area contributed by atoms with Gasteiger partial charge in [0.1, 0.15) is 5.82 Å². The van der Waals surface area contributed by atoms with Crippen LogP contribution in [-0.2, 0) is 10.2 Å². The Bertz CT molecular complexity index is 418. The molecule has 0 aliphatic heterocycles. The number of halogens is 1.